The SMILES string of the molecule is CC1=C(Br)C(C)(CC2SCCCS2)C(O)CC1. The van der Waals surface area contributed by atoms with Crippen molar-refractivity contribution in [2.45, 2.75) is 50.2 Å². The van der Waals surface area contributed by atoms with Gasteiger partial charge >= 0.3 is 0 Å². The first-order valence-corrected chi connectivity index (χ1v) is 9.20. The lowest BCUT2D eigenvalue weighted by Gasteiger charge is -2.42. The highest BCUT2D eigenvalue weighted by molar-refractivity contribution is 9.11. The lowest BCUT2D eigenvalue weighted by atomic mass is 9.74. The van der Waals surface area contributed by atoms with Crippen molar-refractivity contribution in [3.8, 4) is 0 Å². The Morgan fingerprint density at radius 1 is 1.41 bits per heavy atom. The molecule has 0 radical (unpaired) electrons. The third kappa shape index (κ3) is 3.07. The van der Waals surface area contributed by atoms with Gasteiger partial charge in [0.15, 0.2) is 0 Å². The van der Waals surface area contributed by atoms with Gasteiger partial charge in [0, 0.05) is 9.90 Å². The van der Waals surface area contributed by atoms with E-state index in [0.717, 1.165) is 19.3 Å². The minimum Gasteiger partial charge on any atom is -0.392 e. The summed E-state index contributed by atoms with van der Waals surface area (Å²) in [5.41, 5.74) is 1.35. The summed E-state index contributed by atoms with van der Waals surface area (Å²) in [6, 6.07) is 0. The van der Waals surface area contributed by atoms with Crippen LogP contribution in [0.1, 0.15) is 39.5 Å². The molecule has 1 fully saturated rings. The fourth-order valence-electron chi connectivity index (χ4n) is 2.64. The normalized spacial score (nSPS) is 36.4. The van der Waals surface area contributed by atoms with Gasteiger partial charge in [0.2, 0.25) is 0 Å². The summed E-state index contributed by atoms with van der Waals surface area (Å²) in [4.78, 5) is 0. The molecule has 1 nitrogen and oxygen atoms in total. The van der Waals surface area contributed by atoms with E-state index in [1.54, 1.807) is 0 Å². The predicted molar refractivity (Wildman–Crippen MR) is 82.9 cm³/mol. The van der Waals surface area contributed by atoms with Crippen LogP contribution in [0.15, 0.2) is 10.1 Å². The molecule has 4 heteroatoms. The van der Waals surface area contributed by atoms with Crippen LogP contribution in [0.3, 0.4) is 0 Å². The molecule has 1 heterocycles. The zero-order chi connectivity index (χ0) is 12.5. The molecule has 2 rings (SSSR count). The van der Waals surface area contributed by atoms with Gasteiger partial charge in [-0.3, -0.25) is 0 Å². The monoisotopic (exact) mass is 336 g/mol. The molecule has 0 aromatic carbocycles. The fraction of sp³-hybridized carbons (Fsp3) is 0.846. The first kappa shape index (κ1) is 14.3. The number of hydrogen-bond acceptors (Lipinski definition) is 3. The second-order valence-electron chi connectivity index (χ2n) is 5.30. The number of thioether (sulfide) groups is 2. The minimum atomic E-state index is -0.191. The molecule has 2 atom stereocenters. The van der Waals surface area contributed by atoms with E-state index in [9.17, 15) is 5.11 Å². The average Bonchev–Trinajstić information content (AvgIpc) is 2.34. The van der Waals surface area contributed by atoms with Crippen molar-refractivity contribution >= 4 is 39.5 Å². The average molecular weight is 337 g/mol. The quantitative estimate of drug-likeness (QED) is 0.806. The third-order valence-electron chi connectivity index (χ3n) is 3.89. The molecule has 0 spiro atoms. The van der Waals surface area contributed by atoms with Crippen molar-refractivity contribution in [3.63, 3.8) is 0 Å². The lowest BCUT2D eigenvalue weighted by molar-refractivity contribution is 0.0501. The molecule has 0 aromatic rings. The van der Waals surface area contributed by atoms with Crippen molar-refractivity contribution in [1.82, 2.24) is 0 Å². The summed E-state index contributed by atoms with van der Waals surface area (Å²) >= 11 is 7.88. The van der Waals surface area contributed by atoms with E-state index in [4.69, 9.17) is 0 Å². The Kier molecular flexibility index (Phi) is 4.95. The summed E-state index contributed by atoms with van der Waals surface area (Å²) in [6.07, 6.45) is 4.17. The zero-order valence-electron chi connectivity index (χ0n) is 10.5. The summed E-state index contributed by atoms with van der Waals surface area (Å²) in [7, 11) is 0. The Labute approximate surface area is 121 Å². The van der Waals surface area contributed by atoms with E-state index in [-0.39, 0.29) is 11.5 Å². The molecule has 2 unspecified atom stereocenters. The van der Waals surface area contributed by atoms with Crippen LogP contribution in [0.2, 0.25) is 0 Å². The second-order valence-corrected chi connectivity index (χ2v) is 9.01. The van der Waals surface area contributed by atoms with Crippen LogP contribution in [0.5, 0.6) is 0 Å². The molecule has 0 aromatic heterocycles. The van der Waals surface area contributed by atoms with Crippen LogP contribution in [-0.4, -0.2) is 27.3 Å². The largest absolute Gasteiger partial charge is 0.392 e. The van der Waals surface area contributed by atoms with E-state index in [1.807, 2.05) is 0 Å². The highest BCUT2D eigenvalue weighted by Crippen LogP contribution is 2.50. The molecule has 98 valence electrons. The molecule has 2 aliphatic rings. The molecule has 0 bridgehead atoms. The molecule has 17 heavy (non-hydrogen) atoms. The molecule has 0 saturated carbocycles. The number of allylic oxidation sites excluding steroid dienone is 1. The predicted octanol–water partition coefficient (Wildman–Crippen LogP) is 4.40. The van der Waals surface area contributed by atoms with Crippen LogP contribution in [0, 0.1) is 5.41 Å². The van der Waals surface area contributed by atoms with Crippen molar-refractivity contribution < 1.29 is 5.11 Å². The summed E-state index contributed by atoms with van der Waals surface area (Å²) in [5.74, 6) is 2.56. The van der Waals surface area contributed by atoms with Crippen LogP contribution in [-0.2, 0) is 0 Å². The van der Waals surface area contributed by atoms with E-state index in [0.29, 0.717) is 4.58 Å². The Hall–Kier alpha value is 0.880. The van der Waals surface area contributed by atoms with E-state index in [1.165, 1.54) is 28.0 Å². The van der Waals surface area contributed by atoms with Gasteiger partial charge < -0.3 is 5.11 Å². The lowest BCUT2D eigenvalue weighted by Crippen LogP contribution is -2.38. The van der Waals surface area contributed by atoms with Gasteiger partial charge in [-0.1, -0.05) is 28.4 Å². The molecule has 1 aliphatic heterocycles. The Bertz CT molecular complexity index is 313. The number of rotatable bonds is 2. The number of aliphatic hydroxyl groups is 1. The zero-order valence-corrected chi connectivity index (χ0v) is 13.8. The first-order chi connectivity index (χ1) is 8.04. The van der Waals surface area contributed by atoms with Gasteiger partial charge in [0.25, 0.3) is 0 Å². The van der Waals surface area contributed by atoms with Crippen molar-refractivity contribution in [3.05, 3.63) is 10.1 Å². The van der Waals surface area contributed by atoms with Gasteiger partial charge in [-0.05, 0) is 44.1 Å². The molecular formula is C13H21BrOS2. The van der Waals surface area contributed by atoms with Crippen molar-refractivity contribution in [1.29, 1.82) is 0 Å². The fourth-order valence-corrected chi connectivity index (χ4v) is 6.49. The molecular weight excluding hydrogens is 316 g/mol. The Morgan fingerprint density at radius 3 is 2.71 bits per heavy atom. The van der Waals surface area contributed by atoms with Gasteiger partial charge in [-0.25, -0.2) is 0 Å². The van der Waals surface area contributed by atoms with Crippen molar-refractivity contribution in [2.75, 3.05) is 11.5 Å². The minimum absolute atomic E-state index is 0.0651. The maximum absolute atomic E-state index is 10.4. The topological polar surface area (TPSA) is 20.2 Å². The Morgan fingerprint density at radius 2 is 2.06 bits per heavy atom. The van der Waals surface area contributed by atoms with Gasteiger partial charge in [0.1, 0.15) is 0 Å². The molecule has 1 saturated heterocycles. The van der Waals surface area contributed by atoms with Gasteiger partial charge in [-0.15, -0.1) is 23.5 Å². The third-order valence-corrected chi connectivity index (χ3v) is 8.42. The smallest absolute Gasteiger partial charge is 0.0643 e. The summed E-state index contributed by atoms with van der Waals surface area (Å²) in [6.45, 7) is 4.41. The van der Waals surface area contributed by atoms with Crippen LogP contribution >= 0.6 is 39.5 Å². The standard InChI is InChI=1S/C13H21BrOS2/c1-9-4-5-10(15)13(2,12(9)14)8-11-16-6-3-7-17-11/h10-11,15H,3-8H2,1-2H3. The van der Waals surface area contributed by atoms with E-state index >= 15 is 0 Å². The molecule has 0 amide bonds. The van der Waals surface area contributed by atoms with Gasteiger partial charge in [0.05, 0.1) is 10.7 Å². The summed E-state index contributed by atoms with van der Waals surface area (Å²) < 4.78 is 1.91. The van der Waals surface area contributed by atoms with Crippen LogP contribution in [0.25, 0.3) is 0 Å². The highest BCUT2D eigenvalue weighted by atomic mass is 79.9. The Balaban J connectivity index is 2.12. The van der Waals surface area contributed by atoms with Crippen LogP contribution in [0.4, 0.5) is 0 Å². The number of hydrogen-bond donors (Lipinski definition) is 1. The van der Waals surface area contributed by atoms with E-state index in [2.05, 4.69) is 53.3 Å². The number of halogens is 1. The first-order valence-electron chi connectivity index (χ1n) is 6.31. The van der Waals surface area contributed by atoms with Crippen LogP contribution < -0.4 is 0 Å². The molecule has 1 aliphatic carbocycles. The molecule has 1 N–H and O–H groups in total. The maximum Gasteiger partial charge on any atom is 0.0643 e. The maximum atomic E-state index is 10.4. The van der Waals surface area contributed by atoms with E-state index < -0.39 is 0 Å². The number of aliphatic hydroxyl groups excluding tert-OH is 1. The highest BCUT2D eigenvalue weighted by Gasteiger charge is 2.41. The van der Waals surface area contributed by atoms with Gasteiger partial charge in [-0.2, -0.15) is 0 Å². The second kappa shape index (κ2) is 5.89. The van der Waals surface area contributed by atoms with Crippen molar-refractivity contribution in [2.24, 2.45) is 5.41 Å². The summed E-state index contributed by atoms with van der Waals surface area (Å²) in [5, 5.41) is 10.4.